The number of nitrogens with two attached hydrogens (primary N) is 1. The van der Waals surface area contributed by atoms with E-state index in [1.165, 1.54) is 0 Å². The zero-order valence-corrected chi connectivity index (χ0v) is 15.9. The molecular formula is C22H23N3O4. The predicted octanol–water partition coefficient (Wildman–Crippen LogP) is 2.82. The van der Waals surface area contributed by atoms with Crippen molar-refractivity contribution in [3.63, 3.8) is 0 Å². The molecular weight excluding hydrogens is 370 g/mol. The smallest absolute Gasteiger partial charge is 0.325 e. The molecule has 4 rings (SSSR count). The van der Waals surface area contributed by atoms with Crippen LogP contribution >= 0.6 is 0 Å². The lowest BCUT2D eigenvalue weighted by Crippen LogP contribution is -2.44. The van der Waals surface area contributed by atoms with Crippen molar-refractivity contribution in [2.24, 2.45) is 5.73 Å². The highest BCUT2D eigenvalue weighted by molar-refractivity contribution is 5.90. The molecule has 0 saturated carbocycles. The Bertz CT molecular complexity index is 1030. The molecule has 3 aromatic rings. The van der Waals surface area contributed by atoms with Crippen LogP contribution in [0.3, 0.4) is 0 Å². The van der Waals surface area contributed by atoms with Crippen molar-refractivity contribution in [2.75, 3.05) is 6.54 Å². The minimum absolute atomic E-state index is 0.450. The minimum atomic E-state index is -0.997. The number of aliphatic carboxylic acids is 1. The highest BCUT2D eigenvalue weighted by Crippen LogP contribution is 2.35. The van der Waals surface area contributed by atoms with E-state index in [0.29, 0.717) is 30.9 Å². The van der Waals surface area contributed by atoms with Crippen LogP contribution in [0.1, 0.15) is 30.0 Å². The first-order valence-corrected chi connectivity index (χ1v) is 9.60. The number of nitrogens with zero attached hydrogens (tertiary/aromatic N) is 1. The number of primary amides is 1. The van der Waals surface area contributed by atoms with Crippen molar-refractivity contribution in [2.45, 2.75) is 31.5 Å². The summed E-state index contributed by atoms with van der Waals surface area (Å²) in [5.74, 6) is -0.786. The SMILES string of the molecule is NC(=O)[C@H]1CCCN1[C@@H](C(=O)O)c1c[nH]c2cc(OCc3ccccc3)ccc12. The van der Waals surface area contributed by atoms with E-state index in [0.717, 1.165) is 22.9 Å². The van der Waals surface area contributed by atoms with Crippen LogP contribution in [0.2, 0.25) is 0 Å². The number of fused-ring (bicyclic) bond motifs is 1. The normalized spacial score (nSPS) is 18.0. The van der Waals surface area contributed by atoms with Crippen molar-refractivity contribution in [1.29, 1.82) is 0 Å². The number of nitrogens with one attached hydrogen (secondary N) is 1. The Morgan fingerprint density at radius 3 is 2.76 bits per heavy atom. The summed E-state index contributed by atoms with van der Waals surface area (Å²) < 4.78 is 5.86. The molecule has 1 amide bonds. The van der Waals surface area contributed by atoms with Crippen LogP contribution in [0.25, 0.3) is 10.9 Å². The number of amides is 1. The standard InChI is InChI=1S/C22H23N3O4/c23-21(26)19-7-4-10-25(19)20(22(27)28)17-12-24-18-11-15(8-9-16(17)18)29-13-14-5-2-1-3-6-14/h1-3,5-6,8-9,11-12,19-20,24H,4,7,10,13H2,(H2,23,26)(H,27,28)/t19-,20-/m1/s1. The molecule has 150 valence electrons. The number of carboxylic acids is 1. The van der Waals surface area contributed by atoms with E-state index in [1.54, 1.807) is 11.1 Å². The molecule has 1 aromatic heterocycles. The van der Waals surface area contributed by atoms with E-state index < -0.39 is 24.0 Å². The lowest BCUT2D eigenvalue weighted by molar-refractivity contribution is -0.144. The Balaban J connectivity index is 1.60. The highest BCUT2D eigenvalue weighted by atomic mass is 16.5. The van der Waals surface area contributed by atoms with Gasteiger partial charge in [0.2, 0.25) is 5.91 Å². The zero-order valence-electron chi connectivity index (χ0n) is 15.9. The van der Waals surface area contributed by atoms with Gasteiger partial charge >= 0.3 is 5.97 Å². The molecule has 29 heavy (non-hydrogen) atoms. The Labute approximate surface area is 168 Å². The summed E-state index contributed by atoms with van der Waals surface area (Å²) in [6.45, 7) is 0.973. The van der Waals surface area contributed by atoms with Crippen LogP contribution in [-0.2, 0) is 16.2 Å². The van der Waals surface area contributed by atoms with Crippen molar-refractivity contribution in [1.82, 2.24) is 9.88 Å². The third kappa shape index (κ3) is 3.82. The van der Waals surface area contributed by atoms with E-state index in [9.17, 15) is 14.7 Å². The number of benzene rings is 2. The van der Waals surface area contributed by atoms with Gasteiger partial charge in [-0.2, -0.15) is 0 Å². The van der Waals surface area contributed by atoms with Crippen LogP contribution in [0.4, 0.5) is 0 Å². The topological polar surface area (TPSA) is 109 Å². The van der Waals surface area contributed by atoms with Gasteiger partial charge in [0.1, 0.15) is 18.4 Å². The molecule has 2 aromatic carbocycles. The van der Waals surface area contributed by atoms with Gasteiger partial charge in [-0.1, -0.05) is 30.3 Å². The van der Waals surface area contributed by atoms with Gasteiger partial charge in [-0.25, -0.2) is 0 Å². The molecule has 7 nitrogen and oxygen atoms in total. The van der Waals surface area contributed by atoms with E-state index in [4.69, 9.17) is 10.5 Å². The number of hydrogen-bond acceptors (Lipinski definition) is 4. The minimum Gasteiger partial charge on any atom is -0.489 e. The molecule has 0 spiro atoms. The number of carbonyl (C=O) groups is 2. The third-order valence-corrected chi connectivity index (χ3v) is 5.42. The zero-order chi connectivity index (χ0) is 20.4. The van der Waals surface area contributed by atoms with Gasteiger partial charge in [0.05, 0.1) is 6.04 Å². The number of H-pyrrole nitrogens is 1. The second kappa shape index (κ2) is 7.97. The van der Waals surface area contributed by atoms with Crippen molar-refractivity contribution in [3.05, 3.63) is 65.9 Å². The molecule has 1 saturated heterocycles. The fraction of sp³-hybridized carbons (Fsp3) is 0.273. The fourth-order valence-electron chi connectivity index (χ4n) is 4.04. The van der Waals surface area contributed by atoms with Gasteiger partial charge in [0.25, 0.3) is 0 Å². The number of aromatic nitrogens is 1. The number of likely N-dealkylation sites (tertiary alicyclic amines) is 1. The lowest BCUT2D eigenvalue weighted by atomic mass is 10.0. The molecule has 0 aliphatic carbocycles. The van der Waals surface area contributed by atoms with Gasteiger partial charge in [0.15, 0.2) is 0 Å². The van der Waals surface area contributed by atoms with Gasteiger partial charge in [0, 0.05) is 35.3 Å². The average molecular weight is 393 g/mol. The lowest BCUT2D eigenvalue weighted by Gasteiger charge is -2.28. The molecule has 0 unspecified atom stereocenters. The van der Waals surface area contributed by atoms with Crippen LogP contribution in [-0.4, -0.2) is 39.5 Å². The number of carbonyl (C=O) groups excluding carboxylic acids is 1. The van der Waals surface area contributed by atoms with Crippen LogP contribution in [0.15, 0.2) is 54.7 Å². The molecule has 2 heterocycles. The Morgan fingerprint density at radius 2 is 2.03 bits per heavy atom. The maximum Gasteiger partial charge on any atom is 0.325 e. The monoisotopic (exact) mass is 393 g/mol. The molecule has 0 bridgehead atoms. The van der Waals surface area contributed by atoms with Crippen molar-refractivity contribution < 1.29 is 19.4 Å². The van der Waals surface area contributed by atoms with Crippen LogP contribution in [0.5, 0.6) is 5.75 Å². The summed E-state index contributed by atoms with van der Waals surface area (Å²) in [7, 11) is 0. The maximum absolute atomic E-state index is 12.1. The molecule has 1 aliphatic heterocycles. The molecule has 4 N–H and O–H groups in total. The third-order valence-electron chi connectivity index (χ3n) is 5.42. The van der Waals surface area contributed by atoms with Crippen LogP contribution in [0, 0.1) is 0 Å². The first-order valence-electron chi connectivity index (χ1n) is 9.60. The van der Waals surface area contributed by atoms with E-state index >= 15 is 0 Å². The quantitative estimate of drug-likeness (QED) is 0.572. The summed E-state index contributed by atoms with van der Waals surface area (Å²) in [6.07, 6.45) is 3.02. The summed E-state index contributed by atoms with van der Waals surface area (Å²) in [6, 6.07) is 13.9. The number of hydrogen-bond donors (Lipinski definition) is 3. The summed E-state index contributed by atoms with van der Waals surface area (Å²) >= 11 is 0. The van der Waals surface area contributed by atoms with Crippen molar-refractivity contribution in [3.8, 4) is 5.75 Å². The first-order chi connectivity index (χ1) is 14.0. The van der Waals surface area contributed by atoms with E-state index in [1.807, 2.05) is 48.5 Å². The molecule has 2 atom stereocenters. The number of carboxylic acid groups (broad SMARTS) is 1. The summed E-state index contributed by atoms with van der Waals surface area (Å²) in [5.41, 5.74) is 7.97. The number of aromatic amines is 1. The van der Waals surface area contributed by atoms with Gasteiger partial charge in [-0.05, 0) is 30.5 Å². The largest absolute Gasteiger partial charge is 0.489 e. The molecule has 0 radical (unpaired) electrons. The number of ether oxygens (including phenoxy) is 1. The Morgan fingerprint density at radius 1 is 1.24 bits per heavy atom. The Kier molecular flexibility index (Phi) is 5.22. The Hall–Kier alpha value is -3.32. The van der Waals surface area contributed by atoms with Gasteiger partial charge in [-0.3, -0.25) is 14.5 Å². The highest BCUT2D eigenvalue weighted by Gasteiger charge is 2.39. The van der Waals surface area contributed by atoms with Gasteiger partial charge in [-0.15, -0.1) is 0 Å². The van der Waals surface area contributed by atoms with Crippen LogP contribution < -0.4 is 10.5 Å². The van der Waals surface area contributed by atoms with Crippen molar-refractivity contribution >= 4 is 22.8 Å². The van der Waals surface area contributed by atoms with E-state index in [2.05, 4.69) is 4.98 Å². The molecule has 7 heteroatoms. The average Bonchev–Trinajstić information content (AvgIpc) is 3.35. The fourth-order valence-corrected chi connectivity index (χ4v) is 4.04. The first kappa shape index (κ1) is 19.0. The molecule has 1 fully saturated rings. The maximum atomic E-state index is 12.1. The van der Waals surface area contributed by atoms with Gasteiger partial charge < -0.3 is 20.6 Å². The number of rotatable bonds is 7. The predicted molar refractivity (Wildman–Crippen MR) is 108 cm³/mol. The second-order valence-electron chi connectivity index (χ2n) is 7.26. The summed E-state index contributed by atoms with van der Waals surface area (Å²) in [4.78, 5) is 28.7. The second-order valence-corrected chi connectivity index (χ2v) is 7.26. The van der Waals surface area contributed by atoms with E-state index in [-0.39, 0.29) is 0 Å². The molecule has 1 aliphatic rings. The summed E-state index contributed by atoms with van der Waals surface area (Å²) in [5, 5.41) is 10.7.